The molecule has 8 heteroatoms. The molecule has 2 rings (SSSR count). The van der Waals surface area contributed by atoms with E-state index in [9.17, 15) is 18.0 Å². The van der Waals surface area contributed by atoms with Crippen LogP contribution in [-0.2, 0) is 18.0 Å². The Morgan fingerprint density at radius 1 is 1.39 bits per heavy atom. The van der Waals surface area contributed by atoms with Gasteiger partial charge in [0.15, 0.2) is 5.69 Å². The van der Waals surface area contributed by atoms with Crippen molar-refractivity contribution in [2.75, 3.05) is 13.2 Å². The number of nitrogens with zero attached hydrogens (tertiary/aromatic N) is 2. The Hall–Kier alpha value is -1.57. The highest BCUT2D eigenvalue weighted by Crippen LogP contribution is 2.30. The normalized spacial score (nSPS) is 16.5. The van der Waals surface area contributed by atoms with E-state index in [2.05, 4.69) is 10.4 Å². The lowest BCUT2D eigenvalue weighted by atomic mass is 9.98. The third kappa shape index (κ3) is 5.23. The van der Waals surface area contributed by atoms with Crippen LogP contribution in [0.1, 0.15) is 54.6 Å². The SMILES string of the molecule is Cn1cc(C(=O)NCCCOC2CCCCC2)c(C(F)(F)F)n1. The van der Waals surface area contributed by atoms with Gasteiger partial charge in [0.25, 0.3) is 5.91 Å². The molecular weight excluding hydrogens is 311 g/mol. The van der Waals surface area contributed by atoms with Crippen LogP contribution in [0.2, 0.25) is 0 Å². The summed E-state index contributed by atoms with van der Waals surface area (Å²) in [7, 11) is 1.35. The topological polar surface area (TPSA) is 56.2 Å². The summed E-state index contributed by atoms with van der Waals surface area (Å²) in [6, 6.07) is 0. The molecule has 0 saturated heterocycles. The van der Waals surface area contributed by atoms with Gasteiger partial charge in [0, 0.05) is 26.4 Å². The zero-order valence-corrected chi connectivity index (χ0v) is 13.2. The maximum atomic E-state index is 12.8. The molecule has 0 bridgehead atoms. The Labute approximate surface area is 133 Å². The van der Waals surface area contributed by atoms with Crippen LogP contribution in [0.25, 0.3) is 0 Å². The third-order valence-corrected chi connectivity index (χ3v) is 3.85. The first-order valence-electron chi connectivity index (χ1n) is 7.88. The lowest BCUT2D eigenvalue weighted by Crippen LogP contribution is -2.28. The summed E-state index contributed by atoms with van der Waals surface area (Å²) in [5.41, 5.74) is -1.61. The summed E-state index contributed by atoms with van der Waals surface area (Å²) in [5, 5.41) is 5.80. The van der Waals surface area contributed by atoms with Gasteiger partial charge in [-0.25, -0.2) is 0 Å². The van der Waals surface area contributed by atoms with Crippen molar-refractivity contribution in [3.63, 3.8) is 0 Å². The first kappa shape index (κ1) is 17.8. The zero-order chi connectivity index (χ0) is 16.9. The molecular formula is C15H22F3N3O2. The minimum absolute atomic E-state index is 0.276. The highest BCUT2D eigenvalue weighted by atomic mass is 19.4. The van der Waals surface area contributed by atoms with Crippen LogP contribution in [-0.4, -0.2) is 34.9 Å². The van der Waals surface area contributed by atoms with Crippen molar-refractivity contribution in [3.05, 3.63) is 17.5 Å². The Morgan fingerprint density at radius 3 is 2.74 bits per heavy atom. The highest BCUT2D eigenvalue weighted by Gasteiger charge is 2.38. The van der Waals surface area contributed by atoms with Crippen molar-refractivity contribution < 1.29 is 22.7 Å². The molecule has 1 aromatic rings. The summed E-state index contributed by atoms with van der Waals surface area (Å²) < 4.78 is 45.1. The van der Waals surface area contributed by atoms with Gasteiger partial charge in [-0.05, 0) is 19.3 Å². The molecule has 0 spiro atoms. The molecule has 1 aliphatic rings. The Balaban J connectivity index is 1.74. The first-order chi connectivity index (χ1) is 10.9. The molecule has 0 aromatic carbocycles. The second-order valence-electron chi connectivity index (χ2n) is 5.80. The Kier molecular flexibility index (Phi) is 6.04. The number of halogens is 3. The molecule has 5 nitrogen and oxygen atoms in total. The fraction of sp³-hybridized carbons (Fsp3) is 0.733. The van der Waals surface area contributed by atoms with Crippen molar-refractivity contribution >= 4 is 5.91 Å². The molecule has 130 valence electrons. The van der Waals surface area contributed by atoms with Crippen LogP contribution in [0.4, 0.5) is 13.2 Å². The molecule has 1 amide bonds. The Morgan fingerprint density at radius 2 is 2.09 bits per heavy atom. The van der Waals surface area contributed by atoms with Gasteiger partial charge in [0.2, 0.25) is 0 Å². The summed E-state index contributed by atoms with van der Waals surface area (Å²) in [4.78, 5) is 11.9. The molecule has 1 N–H and O–H groups in total. The van der Waals surface area contributed by atoms with E-state index < -0.39 is 23.3 Å². The molecule has 1 saturated carbocycles. The molecule has 1 aromatic heterocycles. The van der Waals surface area contributed by atoms with Gasteiger partial charge >= 0.3 is 6.18 Å². The van der Waals surface area contributed by atoms with E-state index in [1.54, 1.807) is 0 Å². The van der Waals surface area contributed by atoms with Gasteiger partial charge in [0.1, 0.15) is 0 Å². The van der Waals surface area contributed by atoms with Crippen molar-refractivity contribution in [2.24, 2.45) is 7.05 Å². The molecule has 0 radical (unpaired) electrons. The number of hydrogen-bond acceptors (Lipinski definition) is 3. The fourth-order valence-corrected chi connectivity index (χ4v) is 2.72. The lowest BCUT2D eigenvalue weighted by molar-refractivity contribution is -0.141. The Bertz CT molecular complexity index is 523. The maximum absolute atomic E-state index is 12.8. The van der Waals surface area contributed by atoms with Crippen LogP contribution >= 0.6 is 0 Å². The monoisotopic (exact) mass is 333 g/mol. The average molecular weight is 333 g/mol. The molecule has 1 fully saturated rings. The number of carbonyl (C=O) groups excluding carboxylic acids is 1. The molecule has 0 aliphatic heterocycles. The number of aromatic nitrogens is 2. The second kappa shape index (κ2) is 7.81. The largest absolute Gasteiger partial charge is 0.435 e. The first-order valence-corrected chi connectivity index (χ1v) is 7.88. The van der Waals surface area contributed by atoms with Crippen LogP contribution in [0.5, 0.6) is 0 Å². The fourth-order valence-electron chi connectivity index (χ4n) is 2.72. The van der Waals surface area contributed by atoms with E-state index in [0.29, 0.717) is 13.0 Å². The van der Waals surface area contributed by atoms with E-state index in [1.165, 1.54) is 26.3 Å². The molecule has 1 aliphatic carbocycles. The second-order valence-corrected chi connectivity index (χ2v) is 5.80. The van der Waals surface area contributed by atoms with Gasteiger partial charge < -0.3 is 10.1 Å². The summed E-state index contributed by atoms with van der Waals surface area (Å²) >= 11 is 0. The third-order valence-electron chi connectivity index (χ3n) is 3.85. The molecule has 0 atom stereocenters. The van der Waals surface area contributed by atoms with E-state index in [4.69, 9.17) is 4.74 Å². The van der Waals surface area contributed by atoms with Crippen molar-refractivity contribution in [1.29, 1.82) is 0 Å². The van der Waals surface area contributed by atoms with Gasteiger partial charge in [-0.1, -0.05) is 19.3 Å². The van der Waals surface area contributed by atoms with E-state index in [1.807, 2.05) is 0 Å². The van der Waals surface area contributed by atoms with Gasteiger partial charge in [0.05, 0.1) is 11.7 Å². The van der Waals surface area contributed by atoms with Crippen molar-refractivity contribution in [2.45, 2.75) is 50.8 Å². The van der Waals surface area contributed by atoms with Gasteiger partial charge in [-0.15, -0.1) is 0 Å². The number of alkyl halides is 3. The van der Waals surface area contributed by atoms with E-state index >= 15 is 0 Å². The average Bonchev–Trinajstić information content (AvgIpc) is 2.90. The smallest absolute Gasteiger partial charge is 0.378 e. The highest BCUT2D eigenvalue weighted by molar-refractivity contribution is 5.95. The number of aryl methyl sites for hydroxylation is 1. The van der Waals surface area contributed by atoms with Crippen LogP contribution in [0.3, 0.4) is 0 Å². The molecule has 1 heterocycles. The number of amides is 1. The number of rotatable bonds is 6. The quantitative estimate of drug-likeness (QED) is 0.815. The predicted octanol–water partition coefficient (Wildman–Crippen LogP) is 2.91. The van der Waals surface area contributed by atoms with Crippen LogP contribution in [0.15, 0.2) is 6.20 Å². The van der Waals surface area contributed by atoms with Gasteiger partial charge in [-0.3, -0.25) is 9.48 Å². The minimum Gasteiger partial charge on any atom is -0.378 e. The summed E-state index contributed by atoms with van der Waals surface area (Å²) in [5.74, 6) is -0.761. The van der Waals surface area contributed by atoms with E-state index in [-0.39, 0.29) is 12.6 Å². The van der Waals surface area contributed by atoms with Crippen molar-refractivity contribution in [1.82, 2.24) is 15.1 Å². The minimum atomic E-state index is -4.64. The predicted molar refractivity (Wildman–Crippen MR) is 78.0 cm³/mol. The number of nitrogens with one attached hydrogen (secondary N) is 1. The van der Waals surface area contributed by atoms with Crippen molar-refractivity contribution in [3.8, 4) is 0 Å². The maximum Gasteiger partial charge on any atom is 0.435 e. The van der Waals surface area contributed by atoms with Gasteiger partial charge in [-0.2, -0.15) is 18.3 Å². The molecule has 23 heavy (non-hydrogen) atoms. The van der Waals surface area contributed by atoms with Crippen LogP contribution in [0, 0.1) is 0 Å². The summed E-state index contributed by atoms with van der Waals surface area (Å²) in [6.07, 6.45) is 3.05. The standard InChI is InChI=1S/C15H22F3N3O2/c1-21-10-12(13(20-21)15(16,17)18)14(22)19-8-5-9-23-11-6-3-2-4-7-11/h10-11H,2-9H2,1H3,(H,19,22). The number of ether oxygens (including phenoxy) is 1. The number of carbonyl (C=O) groups is 1. The lowest BCUT2D eigenvalue weighted by Gasteiger charge is -2.21. The molecule has 0 unspecified atom stereocenters. The number of hydrogen-bond donors (Lipinski definition) is 1. The van der Waals surface area contributed by atoms with E-state index in [0.717, 1.165) is 23.7 Å². The van der Waals surface area contributed by atoms with Crippen LogP contribution < -0.4 is 5.32 Å². The zero-order valence-electron chi connectivity index (χ0n) is 13.2. The summed E-state index contributed by atoms with van der Waals surface area (Å²) in [6.45, 7) is 0.780.